The number of hydrogen-bond donors (Lipinski definition) is 1. The number of aliphatic hydroxyl groups is 1. The summed E-state index contributed by atoms with van der Waals surface area (Å²) in [5.74, 6) is 0.923. The van der Waals surface area contributed by atoms with Crippen LogP contribution in [-0.4, -0.2) is 70.4 Å². The van der Waals surface area contributed by atoms with E-state index in [1.807, 2.05) is 24.3 Å². The van der Waals surface area contributed by atoms with Gasteiger partial charge < -0.3 is 14.7 Å². The fraction of sp³-hybridized carbons (Fsp3) is 0.435. The Morgan fingerprint density at radius 3 is 2.58 bits per heavy atom. The Hall–Kier alpha value is -2.97. The molecule has 8 nitrogen and oxygen atoms in total. The maximum absolute atomic E-state index is 12.6. The van der Waals surface area contributed by atoms with Gasteiger partial charge in [0.25, 0.3) is 5.56 Å². The molecule has 1 unspecified atom stereocenters. The van der Waals surface area contributed by atoms with Crippen LogP contribution in [0.5, 0.6) is 5.75 Å². The Balaban J connectivity index is 1.33. The molecule has 1 N–H and O–H groups in total. The zero-order valence-corrected chi connectivity index (χ0v) is 17.9. The molecule has 1 aliphatic heterocycles. The summed E-state index contributed by atoms with van der Waals surface area (Å²) in [4.78, 5) is 17.1. The summed E-state index contributed by atoms with van der Waals surface area (Å²) in [7, 11) is 0. The van der Waals surface area contributed by atoms with Crippen LogP contribution in [0.4, 0.5) is 5.69 Å². The molecule has 0 bridgehead atoms. The maximum Gasteiger partial charge on any atom is 0.277 e. The first kappa shape index (κ1) is 21.3. The number of para-hydroxylation sites is 2. The first-order valence-corrected chi connectivity index (χ1v) is 10.9. The molecule has 0 saturated carbocycles. The molecule has 2 heterocycles. The molecule has 1 aliphatic rings. The zero-order chi connectivity index (χ0) is 21.6. The van der Waals surface area contributed by atoms with Gasteiger partial charge in [0.15, 0.2) is 0 Å². The first-order chi connectivity index (χ1) is 15.2. The SMILES string of the molecule is CCCOc1ccccc1N1CCN(CC(O)Cn2nnc3ccccc3c2=O)CC1. The lowest BCUT2D eigenvalue weighted by molar-refractivity contribution is 0.0900. The Labute approximate surface area is 181 Å². The Morgan fingerprint density at radius 1 is 1.03 bits per heavy atom. The van der Waals surface area contributed by atoms with Crippen molar-refractivity contribution in [3.63, 3.8) is 0 Å². The minimum Gasteiger partial charge on any atom is -0.491 e. The summed E-state index contributed by atoms with van der Waals surface area (Å²) < 4.78 is 7.15. The van der Waals surface area contributed by atoms with Gasteiger partial charge in [0.05, 0.1) is 30.3 Å². The van der Waals surface area contributed by atoms with E-state index in [1.165, 1.54) is 4.68 Å². The summed E-state index contributed by atoms with van der Waals surface area (Å²) >= 11 is 0. The van der Waals surface area contributed by atoms with Crippen LogP contribution in [0.15, 0.2) is 53.3 Å². The van der Waals surface area contributed by atoms with Crippen LogP contribution in [0, 0.1) is 0 Å². The third-order valence-electron chi connectivity index (χ3n) is 5.52. The monoisotopic (exact) mass is 423 g/mol. The molecule has 0 spiro atoms. The lowest BCUT2D eigenvalue weighted by Gasteiger charge is -2.37. The average Bonchev–Trinajstić information content (AvgIpc) is 2.80. The molecule has 8 heteroatoms. The topological polar surface area (TPSA) is 83.7 Å². The quantitative estimate of drug-likeness (QED) is 0.591. The number of anilines is 1. The molecule has 1 fully saturated rings. The third kappa shape index (κ3) is 5.03. The molecule has 1 aromatic heterocycles. The minimum atomic E-state index is -0.695. The van der Waals surface area contributed by atoms with Gasteiger partial charge in [-0.2, -0.15) is 0 Å². The van der Waals surface area contributed by atoms with Crippen LogP contribution < -0.4 is 15.2 Å². The van der Waals surface area contributed by atoms with E-state index in [2.05, 4.69) is 33.1 Å². The van der Waals surface area contributed by atoms with Crippen molar-refractivity contribution in [3.05, 3.63) is 58.9 Å². The Morgan fingerprint density at radius 2 is 1.77 bits per heavy atom. The average molecular weight is 424 g/mol. The van der Waals surface area contributed by atoms with Crippen molar-refractivity contribution in [1.29, 1.82) is 0 Å². The number of piperazine rings is 1. The van der Waals surface area contributed by atoms with E-state index in [1.54, 1.807) is 18.2 Å². The molecular formula is C23H29N5O3. The largest absolute Gasteiger partial charge is 0.491 e. The summed E-state index contributed by atoms with van der Waals surface area (Å²) in [5, 5.41) is 19.2. The fourth-order valence-electron chi connectivity index (χ4n) is 3.92. The van der Waals surface area contributed by atoms with Gasteiger partial charge in [-0.15, -0.1) is 5.10 Å². The van der Waals surface area contributed by atoms with Crippen LogP contribution in [0.3, 0.4) is 0 Å². The lowest BCUT2D eigenvalue weighted by atomic mass is 10.2. The number of ether oxygens (including phenoxy) is 1. The van der Waals surface area contributed by atoms with Crippen LogP contribution >= 0.6 is 0 Å². The van der Waals surface area contributed by atoms with Gasteiger partial charge in [-0.1, -0.05) is 36.4 Å². The highest BCUT2D eigenvalue weighted by molar-refractivity contribution is 5.76. The molecule has 0 radical (unpaired) electrons. The molecule has 1 saturated heterocycles. The lowest BCUT2D eigenvalue weighted by Crippen LogP contribution is -2.49. The molecule has 2 aromatic carbocycles. The number of fused-ring (bicyclic) bond motifs is 1. The molecule has 31 heavy (non-hydrogen) atoms. The highest BCUT2D eigenvalue weighted by Crippen LogP contribution is 2.29. The summed E-state index contributed by atoms with van der Waals surface area (Å²) in [6.45, 7) is 6.80. The second-order valence-electron chi connectivity index (χ2n) is 7.85. The summed E-state index contributed by atoms with van der Waals surface area (Å²) in [6.07, 6.45) is 0.282. The van der Waals surface area contributed by atoms with Gasteiger partial charge >= 0.3 is 0 Å². The van der Waals surface area contributed by atoms with Gasteiger partial charge in [-0.05, 0) is 30.7 Å². The van der Waals surface area contributed by atoms with E-state index in [9.17, 15) is 9.90 Å². The van der Waals surface area contributed by atoms with Crippen LogP contribution in [0.25, 0.3) is 10.9 Å². The van der Waals surface area contributed by atoms with Crippen molar-refractivity contribution in [1.82, 2.24) is 19.9 Å². The minimum absolute atomic E-state index is 0.130. The van der Waals surface area contributed by atoms with Gasteiger partial charge in [0.1, 0.15) is 11.3 Å². The normalized spacial score (nSPS) is 15.9. The smallest absolute Gasteiger partial charge is 0.277 e. The van der Waals surface area contributed by atoms with Crippen molar-refractivity contribution in [3.8, 4) is 5.75 Å². The number of benzene rings is 2. The van der Waals surface area contributed by atoms with E-state index in [4.69, 9.17) is 4.74 Å². The molecular weight excluding hydrogens is 394 g/mol. The molecule has 0 amide bonds. The fourth-order valence-corrected chi connectivity index (χ4v) is 3.92. The second-order valence-corrected chi connectivity index (χ2v) is 7.85. The number of aromatic nitrogens is 3. The number of hydrogen-bond acceptors (Lipinski definition) is 7. The molecule has 4 rings (SSSR count). The molecule has 164 valence electrons. The zero-order valence-electron chi connectivity index (χ0n) is 17.9. The number of nitrogens with zero attached hydrogens (tertiary/aromatic N) is 5. The van der Waals surface area contributed by atoms with Gasteiger partial charge in [-0.3, -0.25) is 9.69 Å². The van der Waals surface area contributed by atoms with Crippen molar-refractivity contribution in [2.75, 3.05) is 44.2 Å². The van der Waals surface area contributed by atoms with Gasteiger partial charge in [0, 0.05) is 32.7 Å². The number of rotatable bonds is 8. The second kappa shape index (κ2) is 9.89. The number of aliphatic hydroxyl groups excluding tert-OH is 1. The standard InChI is InChI=1S/C23H29N5O3/c1-2-15-31-22-10-6-5-9-21(22)27-13-11-26(12-14-27)16-18(29)17-28-23(30)19-7-3-4-8-20(19)24-25-28/h3-10,18,29H,2,11-17H2,1H3. The highest BCUT2D eigenvalue weighted by atomic mass is 16.5. The van der Waals surface area contributed by atoms with E-state index in [0.29, 0.717) is 24.1 Å². The summed E-state index contributed by atoms with van der Waals surface area (Å²) in [6, 6.07) is 15.3. The van der Waals surface area contributed by atoms with Crippen LogP contribution in [0.1, 0.15) is 13.3 Å². The first-order valence-electron chi connectivity index (χ1n) is 10.9. The molecule has 0 aliphatic carbocycles. The van der Waals surface area contributed by atoms with Crippen LogP contribution in [0.2, 0.25) is 0 Å². The maximum atomic E-state index is 12.6. The highest BCUT2D eigenvalue weighted by Gasteiger charge is 2.22. The summed E-state index contributed by atoms with van der Waals surface area (Å²) in [5.41, 5.74) is 1.46. The molecule has 1 atom stereocenters. The molecule has 3 aromatic rings. The van der Waals surface area contributed by atoms with Crippen molar-refractivity contribution in [2.24, 2.45) is 0 Å². The predicted octanol–water partition coefficient (Wildman–Crippen LogP) is 1.76. The van der Waals surface area contributed by atoms with Crippen molar-refractivity contribution < 1.29 is 9.84 Å². The van der Waals surface area contributed by atoms with Gasteiger partial charge in [-0.25, -0.2) is 4.68 Å². The van der Waals surface area contributed by atoms with E-state index in [-0.39, 0.29) is 12.1 Å². The van der Waals surface area contributed by atoms with Crippen LogP contribution in [-0.2, 0) is 6.54 Å². The van der Waals surface area contributed by atoms with Crippen molar-refractivity contribution in [2.45, 2.75) is 26.0 Å². The van der Waals surface area contributed by atoms with Crippen molar-refractivity contribution >= 4 is 16.6 Å². The van der Waals surface area contributed by atoms with E-state index >= 15 is 0 Å². The third-order valence-corrected chi connectivity index (χ3v) is 5.52. The van der Waals surface area contributed by atoms with Gasteiger partial charge in [0.2, 0.25) is 0 Å². The van der Waals surface area contributed by atoms with E-state index in [0.717, 1.165) is 44.0 Å². The Bertz CT molecular complexity index is 1060. The van der Waals surface area contributed by atoms with E-state index < -0.39 is 6.10 Å². The Kier molecular flexibility index (Phi) is 6.79. The predicted molar refractivity (Wildman–Crippen MR) is 121 cm³/mol. The number of β-amino-alcohol motifs (C(OH)–C–C–N with tert-alkyl or cyclic N) is 1.